The van der Waals surface area contributed by atoms with Gasteiger partial charge in [-0.15, -0.1) is 0 Å². The van der Waals surface area contributed by atoms with Gasteiger partial charge in [0.25, 0.3) is 5.91 Å². The number of urea groups is 1. The molecule has 1 aliphatic rings. The highest BCUT2D eigenvalue weighted by atomic mass is 35.5. The van der Waals surface area contributed by atoms with Crippen LogP contribution in [0, 0.1) is 0 Å². The number of nitrogens with zero attached hydrogens (tertiary/aromatic N) is 1. The molecule has 1 unspecified atom stereocenters. The van der Waals surface area contributed by atoms with Crippen LogP contribution in [0.15, 0.2) is 24.3 Å². The minimum Gasteiger partial charge on any atom is -0.385 e. The number of carbonyl (C=O) groups excluding carboxylic acids is 2. The number of rotatable bonds is 4. The first-order valence-electron chi connectivity index (χ1n) is 5.53. The second-order valence-corrected chi connectivity index (χ2v) is 4.32. The van der Waals surface area contributed by atoms with Gasteiger partial charge in [0.15, 0.2) is 0 Å². The predicted molar refractivity (Wildman–Crippen MR) is 67.8 cm³/mol. The third kappa shape index (κ3) is 2.32. The molecular weight excluding hydrogens is 256 g/mol. The molecule has 18 heavy (non-hydrogen) atoms. The molecule has 0 aromatic heterocycles. The van der Waals surface area contributed by atoms with Gasteiger partial charge in [0, 0.05) is 20.1 Å². The van der Waals surface area contributed by atoms with Crippen LogP contribution in [0.1, 0.15) is 6.42 Å². The molecule has 2 rings (SSSR count). The molecule has 0 aliphatic carbocycles. The van der Waals surface area contributed by atoms with Crippen LogP contribution in [-0.2, 0) is 9.53 Å². The minimum atomic E-state index is -0.547. The van der Waals surface area contributed by atoms with Gasteiger partial charge in [-0.05, 0) is 12.1 Å². The van der Waals surface area contributed by atoms with E-state index in [4.69, 9.17) is 16.3 Å². The van der Waals surface area contributed by atoms with Crippen molar-refractivity contribution in [3.05, 3.63) is 29.3 Å². The number of methoxy groups -OCH3 is 1. The third-order valence-electron chi connectivity index (χ3n) is 2.72. The molecule has 0 saturated carbocycles. The number of ether oxygens (including phenoxy) is 1. The fourth-order valence-electron chi connectivity index (χ4n) is 1.82. The van der Waals surface area contributed by atoms with E-state index in [-0.39, 0.29) is 5.91 Å². The molecule has 6 heteroatoms. The van der Waals surface area contributed by atoms with E-state index in [1.54, 1.807) is 31.4 Å². The van der Waals surface area contributed by atoms with Crippen LogP contribution >= 0.6 is 11.6 Å². The predicted octanol–water partition coefficient (Wildman–Crippen LogP) is 1.80. The van der Waals surface area contributed by atoms with E-state index in [0.29, 0.717) is 23.7 Å². The summed E-state index contributed by atoms with van der Waals surface area (Å²) in [7, 11) is 1.55. The Bertz CT molecular complexity index is 478. The van der Waals surface area contributed by atoms with Gasteiger partial charge in [0.05, 0.1) is 10.7 Å². The van der Waals surface area contributed by atoms with Gasteiger partial charge in [-0.1, -0.05) is 23.7 Å². The van der Waals surface area contributed by atoms with Crippen LogP contribution in [0.4, 0.5) is 10.5 Å². The van der Waals surface area contributed by atoms with E-state index in [9.17, 15) is 9.59 Å². The minimum absolute atomic E-state index is 0.301. The number of nitrogens with one attached hydrogen (secondary N) is 1. The van der Waals surface area contributed by atoms with Crippen molar-refractivity contribution in [2.24, 2.45) is 0 Å². The molecule has 1 aromatic carbocycles. The highest BCUT2D eigenvalue weighted by Gasteiger charge is 2.39. The summed E-state index contributed by atoms with van der Waals surface area (Å²) in [6.07, 6.45) is 0.446. The Kier molecular flexibility index (Phi) is 3.84. The summed E-state index contributed by atoms with van der Waals surface area (Å²) >= 11 is 5.99. The second-order valence-electron chi connectivity index (χ2n) is 3.91. The molecule has 1 aromatic rings. The summed E-state index contributed by atoms with van der Waals surface area (Å²) < 4.78 is 4.90. The van der Waals surface area contributed by atoms with E-state index >= 15 is 0 Å². The highest BCUT2D eigenvalue weighted by molar-refractivity contribution is 6.35. The number of benzene rings is 1. The zero-order chi connectivity index (χ0) is 13.1. The molecule has 0 radical (unpaired) electrons. The topological polar surface area (TPSA) is 58.6 Å². The van der Waals surface area contributed by atoms with Gasteiger partial charge in [-0.3, -0.25) is 4.79 Å². The summed E-state index contributed by atoms with van der Waals surface area (Å²) in [5.74, 6) is -0.301. The van der Waals surface area contributed by atoms with E-state index in [2.05, 4.69) is 5.32 Å². The molecule has 1 saturated heterocycles. The standard InChI is InChI=1S/C12H13ClN2O3/c1-18-7-6-9-11(16)15(12(17)14-9)10-5-3-2-4-8(10)13/h2-5,9H,6-7H2,1H3,(H,14,17). The number of carbonyl (C=O) groups is 2. The van der Waals surface area contributed by atoms with Crippen molar-refractivity contribution in [1.82, 2.24) is 5.32 Å². The summed E-state index contributed by atoms with van der Waals surface area (Å²) in [6, 6.07) is 5.75. The molecule has 1 fully saturated rings. The van der Waals surface area contributed by atoms with Gasteiger partial charge in [0.2, 0.25) is 0 Å². The lowest BCUT2D eigenvalue weighted by Gasteiger charge is -2.14. The Labute approximate surface area is 110 Å². The largest absolute Gasteiger partial charge is 0.385 e. The summed E-state index contributed by atoms with van der Waals surface area (Å²) in [6.45, 7) is 0.410. The third-order valence-corrected chi connectivity index (χ3v) is 3.04. The van der Waals surface area contributed by atoms with Crippen LogP contribution in [0.25, 0.3) is 0 Å². The zero-order valence-electron chi connectivity index (χ0n) is 9.85. The molecule has 1 atom stereocenters. The quantitative estimate of drug-likeness (QED) is 0.847. The highest BCUT2D eigenvalue weighted by Crippen LogP contribution is 2.28. The SMILES string of the molecule is COCCC1NC(=O)N(c2ccccc2Cl)C1=O. The van der Waals surface area contributed by atoms with Crippen LogP contribution in [0.5, 0.6) is 0 Å². The van der Waals surface area contributed by atoms with Crippen LogP contribution in [0.3, 0.4) is 0 Å². The number of anilines is 1. The lowest BCUT2D eigenvalue weighted by molar-refractivity contribution is -0.118. The van der Waals surface area contributed by atoms with Gasteiger partial charge in [-0.2, -0.15) is 0 Å². The van der Waals surface area contributed by atoms with Gasteiger partial charge < -0.3 is 10.1 Å². The normalized spacial score (nSPS) is 19.2. The number of hydrogen-bond acceptors (Lipinski definition) is 3. The Hall–Kier alpha value is -1.59. The first-order valence-corrected chi connectivity index (χ1v) is 5.91. The maximum Gasteiger partial charge on any atom is 0.329 e. The van der Waals surface area contributed by atoms with Gasteiger partial charge in [-0.25, -0.2) is 9.69 Å². The van der Waals surface area contributed by atoms with Crippen molar-refractivity contribution in [2.45, 2.75) is 12.5 Å². The monoisotopic (exact) mass is 268 g/mol. The zero-order valence-corrected chi connectivity index (χ0v) is 10.6. The first kappa shape index (κ1) is 12.9. The summed E-state index contributed by atoms with van der Waals surface area (Å²) in [4.78, 5) is 25.0. The Morgan fingerprint density at radius 2 is 2.11 bits per heavy atom. The molecule has 1 N–H and O–H groups in total. The van der Waals surface area contributed by atoms with Crippen molar-refractivity contribution >= 4 is 29.2 Å². The lowest BCUT2D eigenvalue weighted by atomic mass is 10.2. The van der Waals surface area contributed by atoms with Crippen LogP contribution in [0.2, 0.25) is 5.02 Å². The average Bonchev–Trinajstić information content (AvgIpc) is 2.63. The Morgan fingerprint density at radius 3 is 2.78 bits per heavy atom. The number of imide groups is 1. The molecule has 1 aliphatic heterocycles. The molecule has 1 heterocycles. The van der Waals surface area contributed by atoms with E-state index in [1.807, 2.05) is 0 Å². The average molecular weight is 269 g/mol. The summed E-state index contributed by atoms with van der Waals surface area (Å²) in [5.41, 5.74) is 0.404. The number of para-hydroxylation sites is 1. The number of halogens is 1. The number of hydrogen-bond donors (Lipinski definition) is 1. The van der Waals surface area contributed by atoms with Gasteiger partial charge in [0.1, 0.15) is 6.04 Å². The van der Waals surface area contributed by atoms with E-state index in [1.165, 1.54) is 0 Å². The molecule has 5 nitrogen and oxygen atoms in total. The lowest BCUT2D eigenvalue weighted by Crippen LogP contribution is -2.32. The molecule has 3 amide bonds. The van der Waals surface area contributed by atoms with E-state index < -0.39 is 12.1 Å². The maximum absolute atomic E-state index is 12.1. The van der Waals surface area contributed by atoms with Gasteiger partial charge >= 0.3 is 6.03 Å². The van der Waals surface area contributed by atoms with Crippen molar-refractivity contribution in [1.29, 1.82) is 0 Å². The number of amides is 3. The van der Waals surface area contributed by atoms with Crippen LogP contribution < -0.4 is 10.2 Å². The molecule has 0 spiro atoms. The van der Waals surface area contributed by atoms with Crippen LogP contribution in [-0.4, -0.2) is 31.7 Å². The maximum atomic E-state index is 12.1. The smallest absolute Gasteiger partial charge is 0.329 e. The Balaban J connectivity index is 2.22. The van der Waals surface area contributed by atoms with Crippen molar-refractivity contribution in [2.75, 3.05) is 18.6 Å². The van der Waals surface area contributed by atoms with Crippen molar-refractivity contribution in [3.63, 3.8) is 0 Å². The fraction of sp³-hybridized carbons (Fsp3) is 0.333. The molecule has 0 bridgehead atoms. The molecule has 96 valence electrons. The molecular formula is C12H13ClN2O3. The van der Waals surface area contributed by atoms with Crippen molar-refractivity contribution < 1.29 is 14.3 Å². The van der Waals surface area contributed by atoms with Crippen molar-refractivity contribution in [3.8, 4) is 0 Å². The second kappa shape index (κ2) is 5.37. The fourth-order valence-corrected chi connectivity index (χ4v) is 2.04. The summed E-state index contributed by atoms with van der Waals surface area (Å²) in [5, 5.41) is 2.98. The van der Waals surface area contributed by atoms with E-state index in [0.717, 1.165) is 4.90 Å². The first-order chi connectivity index (χ1) is 8.65. The Morgan fingerprint density at radius 1 is 1.39 bits per heavy atom.